The Morgan fingerprint density at radius 1 is 1.38 bits per heavy atom. The van der Waals surface area contributed by atoms with Crippen LogP contribution >= 0.6 is 11.6 Å². The topological polar surface area (TPSA) is 27.3 Å². The highest BCUT2D eigenvalue weighted by Gasteiger charge is 2.13. The molecule has 88 valence electrons. The average Bonchev–Trinajstić information content (AvgIpc) is 2.33. The number of nitrogens with one attached hydrogen (secondary N) is 2. The van der Waals surface area contributed by atoms with E-state index in [1.807, 2.05) is 19.2 Å². The van der Waals surface area contributed by atoms with Crippen LogP contribution in [0.1, 0.15) is 5.56 Å². The third kappa shape index (κ3) is 2.67. The van der Waals surface area contributed by atoms with Crippen molar-refractivity contribution in [2.45, 2.75) is 6.54 Å². The van der Waals surface area contributed by atoms with Crippen LogP contribution in [0.2, 0.25) is 5.02 Å². The summed E-state index contributed by atoms with van der Waals surface area (Å²) in [5, 5.41) is 7.40. The van der Waals surface area contributed by atoms with Gasteiger partial charge in [0.2, 0.25) is 0 Å². The first kappa shape index (κ1) is 11.7. The maximum absolute atomic E-state index is 6.25. The van der Waals surface area contributed by atoms with Crippen LogP contribution < -0.4 is 10.6 Å². The molecule has 0 aromatic heterocycles. The highest BCUT2D eigenvalue weighted by atomic mass is 35.5. The van der Waals surface area contributed by atoms with Crippen molar-refractivity contribution in [3.05, 3.63) is 28.8 Å². The van der Waals surface area contributed by atoms with Gasteiger partial charge in [0.15, 0.2) is 0 Å². The second kappa shape index (κ2) is 5.53. The van der Waals surface area contributed by atoms with Crippen molar-refractivity contribution in [2.24, 2.45) is 0 Å². The Kier molecular flexibility index (Phi) is 4.04. The first-order valence-electron chi connectivity index (χ1n) is 5.69. The molecule has 3 nitrogen and oxygen atoms in total. The van der Waals surface area contributed by atoms with Crippen molar-refractivity contribution < 1.29 is 0 Å². The molecule has 2 N–H and O–H groups in total. The van der Waals surface area contributed by atoms with Crippen molar-refractivity contribution in [1.82, 2.24) is 10.2 Å². The highest BCUT2D eigenvalue weighted by Crippen LogP contribution is 2.25. The van der Waals surface area contributed by atoms with E-state index < -0.39 is 0 Å². The number of hydrogen-bond acceptors (Lipinski definition) is 3. The molecule has 16 heavy (non-hydrogen) atoms. The second-order valence-corrected chi connectivity index (χ2v) is 4.45. The van der Waals surface area contributed by atoms with E-state index in [9.17, 15) is 0 Å². The molecular weight excluding hydrogens is 222 g/mol. The molecule has 1 aromatic carbocycles. The second-order valence-electron chi connectivity index (χ2n) is 4.04. The Labute approximate surface area is 102 Å². The summed E-state index contributed by atoms with van der Waals surface area (Å²) in [6.07, 6.45) is 0. The minimum Gasteiger partial charge on any atom is -0.388 e. The van der Waals surface area contributed by atoms with E-state index in [1.54, 1.807) is 0 Å². The Bertz CT molecular complexity index is 348. The molecule has 0 aliphatic carbocycles. The fourth-order valence-corrected chi connectivity index (χ4v) is 2.28. The van der Waals surface area contributed by atoms with Crippen molar-refractivity contribution in [3.8, 4) is 0 Å². The predicted molar refractivity (Wildman–Crippen MR) is 69.1 cm³/mol. The normalized spacial score (nSPS) is 17.4. The molecule has 1 heterocycles. The molecule has 0 atom stereocenters. The monoisotopic (exact) mass is 239 g/mol. The molecule has 0 saturated carbocycles. The van der Waals surface area contributed by atoms with Gasteiger partial charge in [-0.25, -0.2) is 0 Å². The van der Waals surface area contributed by atoms with Gasteiger partial charge in [-0.3, -0.25) is 4.90 Å². The molecule has 2 rings (SSSR count). The number of halogens is 1. The maximum atomic E-state index is 6.25. The van der Waals surface area contributed by atoms with E-state index in [2.05, 4.69) is 21.6 Å². The van der Waals surface area contributed by atoms with Gasteiger partial charge in [-0.1, -0.05) is 17.7 Å². The number of rotatable bonds is 3. The summed E-state index contributed by atoms with van der Waals surface area (Å²) in [5.74, 6) is 0. The first-order chi connectivity index (χ1) is 7.81. The van der Waals surface area contributed by atoms with Crippen molar-refractivity contribution in [2.75, 3.05) is 38.5 Å². The average molecular weight is 240 g/mol. The van der Waals surface area contributed by atoms with Crippen molar-refractivity contribution in [3.63, 3.8) is 0 Å². The summed E-state index contributed by atoms with van der Waals surface area (Å²) < 4.78 is 0. The minimum absolute atomic E-state index is 0.852. The van der Waals surface area contributed by atoms with Crippen LogP contribution in [-0.4, -0.2) is 38.1 Å². The van der Waals surface area contributed by atoms with Gasteiger partial charge in [-0.05, 0) is 12.1 Å². The lowest BCUT2D eigenvalue weighted by Gasteiger charge is -2.28. The van der Waals surface area contributed by atoms with E-state index in [0.717, 1.165) is 43.4 Å². The van der Waals surface area contributed by atoms with Gasteiger partial charge in [-0.15, -0.1) is 0 Å². The van der Waals surface area contributed by atoms with E-state index in [-0.39, 0.29) is 0 Å². The summed E-state index contributed by atoms with van der Waals surface area (Å²) in [4.78, 5) is 2.43. The summed E-state index contributed by atoms with van der Waals surface area (Å²) in [6.45, 7) is 5.25. The molecule has 1 aliphatic heterocycles. The molecular formula is C12H18ClN3. The van der Waals surface area contributed by atoms with E-state index in [0.29, 0.717) is 0 Å². The van der Waals surface area contributed by atoms with Crippen LogP contribution in [0.4, 0.5) is 5.69 Å². The van der Waals surface area contributed by atoms with Gasteiger partial charge in [0, 0.05) is 56.0 Å². The van der Waals surface area contributed by atoms with Gasteiger partial charge in [0.1, 0.15) is 0 Å². The number of nitrogens with zero attached hydrogens (tertiary/aromatic N) is 1. The fourth-order valence-electron chi connectivity index (χ4n) is 2.05. The third-order valence-corrected chi connectivity index (χ3v) is 3.33. The van der Waals surface area contributed by atoms with Crippen LogP contribution in [0, 0.1) is 0 Å². The lowest BCUT2D eigenvalue weighted by molar-refractivity contribution is 0.233. The molecule has 1 aliphatic rings. The summed E-state index contributed by atoms with van der Waals surface area (Å²) in [7, 11) is 1.94. The Morgan fingerprint density at radius 3 is 2.81 bits per heavy atom. The van der Waals surface area contributed by atoms with Gasteiger partial charge in [-0.2, -0.15) is 0 Å². The first-order valence-corrected chi connectivity index (χ1v) is 6.07. The molecule has 1 saturated heterocycles. The lowest BCUT2D eigenvalue weighted by Crippen LogP contribution is -2.43. The van der Waals surface area contributed by atoms with E-state index in [4.69, 9.17) is 11.6 Å². The quantitative estimate of drug-likeness (QED) is 0.842. The van der Waals surface area contributed by atoms with Gasteiger partial charge in [0.25, 0.3) is 0 Å². The zero-order chi connectivity index (χ0) is 11.4. The molecule has 4 heteroatoms. The van der Waals surface area contributed by atoms with Crippen LogP contribution in [0.15, 0.2) is 18.2 Å². The molecule has 0 amide bonds. The maximum Gasteiger partial charge on any atom is 0.0471 e. The molecule has 1 fully saturated rings. The smallest absolute Gasteiger partial charge is 0.0471 e. The zero-order valence-corrected chi connectivity index (χ0v) is 10.3. The number of anilines is 1. The fraction of sp³-hybridized carbons (Fsp3) is 0.500. The molecule has 0 radical (unpaired) electrons. The van der Waals surface area contributed by atoms with Crippen LogP contribution in [0.3, 0.4) is 0 Å². The van der Waals surface area contributed by atoms with Crippen LogP contribution in [0.5, 0.6) is 0 Å². The number of hydrogen-bond donors (Lipinski definition) is 2. The third-order valence-electron chi connectivity index (χ3n) is 2.98. The minimum atomic E-state index is 0.852. The Hall–Kier alpha value is -0.770. The van der Waals surface area contributed by atoms with Crippen LogP contribution in [-0.2, 0) is 6.54 Å². The Balaban J connectivity index is 2.12. The van der Waals surface area contributed by atoms with Crippen molar-refractivity contribution >= 4 is 17.3 Å². The zero-order valence-electron chi connectivity index (χ0n) is 9.59. The number of piperazine rings is 1. The van der Waals surface area contributed by atoms with Gasteiger partial charge >= 0.3 is 0 Å². The Morgan fingerprint density at radius 2 is 2.12 bits per heavy atom. The SMILES string of the molecule is CNc1cccc(Cl)c1CN1CCNCC1. The predicted octanol–water partition coefficient (Wildman–Crippen LogP) is 1.79. The standard InChI is InChI=1S/C12H18ClN3/c1-14-12-4-2-3-11(13)10(12)9-16-7-5-15-6-8-16/h2-4,14-15H,5-9H2,1H3. The number of benzene rings is 1. The summed E-state index contributed by atoms with van der Waals surface area (Å²) >= 11 is 6.25. The van der Waals surface area contributed by atoms with E-state index in [1.165, 1.54) is 5.56 Å². The van der Waals surface area contributed by atoms with Gasteiger partial charge < -0.3 is 10.6 Å². The van der Waals surface area contributed by atoms with E-state index >= 15 is 0 Å². The molecule has 0 bridgehead atoms. The van der Waals surface area contributed by atoms with Crippen LogP contribution in [0.25, 0.3) is 0 Å². The largest absolute Gasteiger partial charge is 0.388 e. The molecule has 0 unspecified atom stereocenters. The summed E-state index contributed by atoms with van der Waals surface area (Å²) in [5.41, 5.74) is 2.33. The highest BCUT2D eigenvalue weighted by molar-refractivity contribution is 6.31. The van der Waals surface area contributed by atoms with Crippen molar-refractivity contribution in [1.29, 1.82) is 0 Å². The van der Waals surface area contributed by atoms with Gasteiger partial charge in [0.05, 0.1) is 0 Å². The summed E-state index contributed by atoms with van der Waals surface area (Å²) in [6, 6.07) is 6.01. The molecule has 1 aromatic rings. The molecule has 0 spiro atoms. The lowest BCUT2D eigenvalue weighted by atomic mass is 10.1.